The van der Waals surface area contributed by atoms with Crippen LogP contribution >= 0.6 is 0 Å². The van der Waals surface area contributed by atoms with Crippen molar-refractivity contribution in [3.63, 3.8) is 0 Å². The normalized spacial score (nSPS) is 21.5. The van der Waals surface area contributed by atoms with Crippen molar-refractivity contribution in [1.82, 2.24) is 25.5 Å². The summed E-state index contributed by atoms with van der Waals surface area (Å²) >= 11 is 0. The van der Waals surface area contributed by atoms with E-state index in [0.29, 0.717) is 25.1 Å². The highest BCUT2D eigenvalue weighted by molar-refractivity contribution is 5.98. The second-order valence-corrected chi connectivity index (χ2v) is 3.55. The number of tetrazole rings is 1. The van der Waals surface area contributed by atoms with E-state index in [1.54, 1.807) is 7.05 Å². The molecule has 1 aromatic rings. The largest absolute Gasteiger partial charge is 0.296 e. The summed E-state index contributed by atoms with van der Waals surface area (Å²) in [7, 11) is 1.67. The van der Waals surface area contributed by atoms with Gasteiger partial charge in [-0.25, -0.2) is 0 Å². The number of carbonyl (C=O) groups excluding carboxylic acids is 2. The van der Waals surface area contributed by atoms with Crippen molar-refractivity contribution in [2.75, 3.05) is 0 Å². The summed E-state index contributed by atoms with van der Waals surface area (Å²) in [5.74, 6) is -0.124. The summed E-state index contributed by atoms with van der Waals surface area (Å²) in [6.07, 6.45) is 1.38. The molecule has 0 radical (unpaired) electrons. The smallest absolute Gasteiger partial charge is 0.230 e. The minimum atomic E-state index is -0.237. The van der Waals surface area contributed by atoms with Crippen LogP contribution in [0.15, 0.2) is 0 Å². The van der Waals surface area contributed by atoms with Crippen LogP contribution < -0.4 is 5.32 Å². The third-order valence-electron chi connectivity index (χ3n) is 2.33. The zero-order chi connectivity index (χ0) is 10.8. The number of aryl methyl sites for hydroxylation is 1. The van der Waals surface area contributed by atoms with E-state index in [2.05, 4.69) is 20.7 Å². The van der Waals surface area contributed by atoms with Gasteiger partial charge in [0.25, 0.3) is 0 Å². The van der Waals surface area contributed by atoms with Crippen molar-refractivity contribution < 1.29 is 9.59 Å². The van der Waals surface area contributed by atoms with Crippen LogP contribution in [0.25, 0.3) is 0 Å². The Hall–Kier alpha value is -1.79. The highest BCUT2D eigenvalue weighted by Crippen LogP contribution is 2.15. The monoisotopic (exact) mass is 209 g/mol. The molecule has 2 rings (SSSR count). The van der Waals surface area contributed by atoms with Gasteiger partial charge in [-0.3, -0.25) is 14.9 Å². The molecule has 0 bridgehead atoms. The van der Waals surface area contributed by atoms with Gasteiger partial charge in [0.15, 0.2) is 5.82 Å². The molecule has 7 nitrogen and oxygen atoms in total. The zero-order valence-electron chi connectivity index (χ0n) is 8.30. The fourth-order valence-corrected chi connectivity index (χ4v) is 1.56. The predicted octanol–water partition coefficient (Wildman–Crippen LogP) is -1.19. The molecule has 1 aromatic heterocycles. The third-order valence-corrected chi connectivity index (χ3v) is 2.33. The summed E-state index contributed by atoms with van der Waals surface area (Å²) in [5, 5.41) is 13.8. The zero-order valence-corrected chi connectivity index (χ0v) is 8.30. The molecule has 1 N–H and O–H groups in total. The van der Waals surface area contributed by atoms with Crippen LogP contribution in [0.5, 0.6) is 0 Å². The van der Waals surface area contributed by atoms with E-state index < -0.39 is 0 Å². The molecular formula is C8H11N5O2. The van der Waals surface area contributed by atoms with Crippen molar-refractivity contribution in [2.45, 2.75) is 19.3 Å². The number of hydrogen-bond acceptors (Lipinski definition) is 5. The van der Waals surface area contributed by atoms with Crippen molar-refractivity contribution in [1.29, 1.82) is 0 Å². The van der Waals surface area contributed by atoms with Gasteiger partial charge >= 0.3 is 0 Å². The minimum absolute atomic E-state index is 0.205. The van der Waals surface area contributed by atoms with Crippen molar-refractivity contribution in [3.8, 4) is 0 Å². The summed E-state index contributed by atoms with van der Waals surface area (Å²) < 4.78 is 0. The molecule has 1 aliphatic rings. The van der Waals surface area contributed by atoms with Gasteiger partial charge in [0.2, 0.25) is 11.8 Å². The Balaban J connectivity index is 2.00. The van der Waals surface area contributed by atoms with Gasteiger partial charge < -0.3 is 0 Å². The summed E-state index contributed by atoms with van der Waals surface area (Å²) in [5.41, 5.74) is 0. The fraction of sp³-hybridized carbons (Fsp3) is 0.625. The van der Waals surface area contributed by atoms with Gasteiger partial charge in [0.1, 0.15) is 0 Å². The molecule has 15 heavy (non-hydrogen) atoms. The van der Waals surface area contributed by atoms with E-state index in [9.17, 15) is 9.59 Å². The van der Waals surface area contributed by atoms with E-state index >= 15 is 0 Å². The van der Waals surface area contributed by atoms with E-state index in [1.165, 1.54) is 4.80 Å². The van der Waals surface area contributed by atoms with E-state index in [4.69, 9.17) is 0 Å². The van der Waals surface area contributed by atoms with Crippen LogP contribution in [0.4, 0.5) is 0 Å². The van der Waals surface area contributed by atoms with Crippen LogP contribution in [-0.4, -0.2) is 32.0 Å². The minimum Gasteiger partial charge on any atom is -0.296 e. The number of nitrogens with one attached hydrogen (secondary N) is 1. The first-order chi connectivity index (χ1) is 7.15. The second kappa shape index (κ2) is 3.76. The van der Waals surface area contributed by atoms with Gasteiger partial charge in [-0.2, -0.15) is 4.80 Å². The molecule has 80 valence electrons. The lowest BCUT2D eigenvalue weighted by molar-refractivity contribution is -0.136. The van der Waals surface area contributed by atoms with E-state index in [-0.39, 0.29) is 17.7 Å². The van der Waals surface area contributed by atoms with Gasteiger partial charge in [0, 0.05) is 18.8 Å². The Morgan fingerprint density at radius 2 is 2.33 bits per heavy atom. The lowest BCUT2D eigenvalue weighted by Gasteiger charge is -2.18. The molecule has 1 saturated heterocycles. The van der Waals surface area contributed by atoms with Crippen LogP contribution in [0.2, 0.25) is 0 Å². The first kappa shape index (κ1) is 9.75. The molecule has 1 aliphatic heterocycles. The third kappa shape index (κ3) is 2.17. The summed E-state index contributed by atoms with van der Waals surface area (Å²) in [6.45, 7) is 0. The summed E-state index contributed by atoms with van der Waals surface area (Å²) in [6, 6.07) is 0. The van der Waals surface area contributed by atoms with Crippen LogP contribution in [0.1, 0.15) is 18.7 Å². The SMILES string of the molecule is Cn1nnc(CC2CCC(=O)NC2=O)n1. The molecule has 2 amide bonds. The number of amides is 2. The van der Waals surface area contributed by atoms with Gasteiger partial charge in [-0.05, 0) is 11.6 Å². The Bertz CT molecular complexity index is 399. The molecule has 0 saturated carbocycles. The predicted molar refractivity (Wildman–Crippen MR) is 48.4 cm³/mol. The quantitative estimate of drug-likeness (QED) is 0.618. The molecule has 1 fully saturated rings. The second-order valence-electron chi connectivity index (χ2n) is 3.55. The highest BCUT2D eigenvalue weighted by atomic mass is 16.2. The average Bonchev–Trinajstić information content (AvgIpc) is 2.56. The van der Waals surface area contributed by atoms with Gasteiger partial charge in [-0.15, -0.1) is 10.2 Å². The molecule has 1 unspecified atom stereocenters. The molecule has 1 atom stereocenters. The number of rotatable bonds is 2. The highest BCUT2D eigenvalue weighted by Gasteiger charge is 2.27. The maximum atomic E-state index is 11.4. The molecule has 2 heterocycles. The Labute approximate surface area is 85.8 Å². The Morgan fingerprint density at radius 3 is 2.93 bits per heavy atom. The topological polar surface area (TPSA) is 89.8 Å². The van der Waals surface area contributed by atoms with Crippen molar-refractivity contribution in [3.05, 3.63) is 5.82 Å². The number of imide groups is 1. The fourth-order valence-electron chi connectivity index (χ4n) is 1.56. The van der Waals surface area contributed by atoms with Crippen LogP contribution in [-0.2, 0) is 23.1 Å². The number of aromatic nitrogens is 4. The maximum absolute atomic E-state index is 11.4. The van der Waals surface area contributed by atoms with Gasteiger partial charge in [0.05, 0.1) is 7.05 Å². The molecule has 0 spiro atoms. The van der Waals surface area contributed by atoms with Crippen LogP contribution in [0.3, 0.4) is 0 Å². The average molecular weight is 209 g/mol. The van der Waals surface area contributed by atoms with Crippen molar-refractivity contribution >= 4 is 11.8 Å². The maximum Gasteiger partial charge on any atom is 0.230 e. The number of hydrogen-bond donors (Lipinski definition) is 1. The summed E-state index contributed by atoms with van der Waals surface area (Å²) in [4.78, 5) is 23.6. The number of carbonyl (C=O) groups is 2. The van der Waals surface area contributed by atoms with Crippen molar-refractivity contribution in [2.24, 2.45) is 13.0 Å². The van der Waals surface area contributed by atoms with E-state index in [1.807, 2.05) is 0 Å². The number of piperidine rings is 1. The lowest BCUT2D eigenvalue weighted by Crippen LogP contribution is -2.41. The Kier molecular flexibility index (Phi) is 2.44. The van der Waals surface area contributed by atoms with Gasteiger partial charge in [-0.1, -0.05) is 0 Å². The molecular weight excluding hydrogens is 198 g/mol. The Morgan fingerprint density at radius 1 is 1.53 bits per heavy atom. The number of nitrogens with zero attached hydrogens (tertiary/aromatic N) is 4. The molecule has 0 aliphatic carbocycles. The molecule has 7 heteroatoms. The standard InChI is InChI=1S/C8H11N5O2/c1-13-11-6(10-12-13)4-5-2-3-7(14)9-8(5)15/h5H,2-4H2,1H3,(H,9,14,15). The van der Waals surface area contributed by atoms with Crippen LogP contribution in [0, 0.1) is 5.92 Å². The first-order valence-electron chi connectivity index (χ1n) is 4.71. The van der Waals surface area contributed by atoms with E-state index in [0.717, 1.165) is 0 Å². The first-order valence-corrected chi connectivity index (χ1v) is 4.71. The molecule has 0 aromatic carbocycles. The lowest BCUT2D eigenvalue weighted by atomic mass is 9.95.